The summed E-state index contributed by atoms with van der Waals surface area (Å²) in [6.07, 6.45) is 1.08. The van der Waals surface area contributed by atoms with Crippen LogP contribution in [0, 0.1) is 16.7 Å². The van der Waals surface area contributed by atoms with Crippen LogP contribution >= 0.6 is 0 Å². The third-order valence-corrected chi connectivity index (χ3v) is 3.99. The number of carbonyl (C=O) groups excluding carboxylic acids is 1. The highest BCUT2D eigenvalue weighted by Crippen LogP contribution is 2.30. The molecule has 1 heterocycles. The molecule has 6 nitrogen and oxygen atoms in total. The normalized spacial score (nSPS) is 16.5. The van der Waals surface area contributed by atoms with E-state index in [2.05, 4.69) is 5.32 Å². The first-order valence-electron chi connectivity index (χ1n) is 7.13. The number of carbonyl (C=O) groups is 2. The number of rotatable bonds is 5. The maximum Gasteiger partial charge on any atom is 0.311 e. The first kappa shape index (κ1) is 16.0. The molecular weight excluding hydrogens is 284 g/mol. The van der Waals surface area contributed by atoms with Crippen molar-refractivity contribution < 1.29 is 19.4 Å². The van der Waals surface area contributed by atoms with E-state index >= 15 is 0 Å². The number of carboxylic acid groups (broad SMARTS) is 1. The second-order valence-corrected chi connectivity index (χ2v) is 5.41. The van der Waals surface area contributed by atoms with E-state index in [1.165, 1.54) is 0 Å². The number of ether oxygens (including phenoxy) is 1. The summed E-state index contributed by atoms with van der Waals surface area (Å²) >= 11 is 0. The number of nitrogens with zero attached hydrogens (tertiary/aromatic N) is 1. The van der Waals surface area contributed by atoms with Crippen LogP contribution in [0.5, 0.6) is 0 Å². The molecule has 0 radical (unpaired) electrons. The minimum atomic E-state index is -0.950. The first-order valence-corrected chi connectivity index (χ1v) is 7.13. The lowest BCUT2D eigenvalue weighted by Crippen LogP contribution is -2.46. The Labute approximate surface area is 128 Å². The Balaban J connectivity index is 1.99. The molecule has 1 aliphatic heterocycles. The van der Waals surface area contributed by atoms with E-state index < -0.39 is 11.4 Å². The second-order valence-electron chi connectivity index (χ2n) is 5.41. The van der Waals surface area contributed by atoms with Crippen LogP contribution in [0.1, 0.15) is 28.8 Å². The van der Waals surface area contributed by atoms with Gasteiger partial charge in [0.05, 0.1) is 17.9 Å². The standard InChI is InChI=1S/C16H18N2O4/c17-8-5-12-1-3-13(4-2-12)14(19)18-11-16(15(20)21)6-9-22-10-7-16/h1-4H,5-7,9-11H2,(H,18,19)(H,20,21). The quantitative estimate of drug-likeness (QED) is 0.855. The molecular formula is C16H18N2O4. The van der Waals surface area contributed by atoms with Crippen LogP contribution in [-0.2, 0) is 16.0 Å². The Morgan fingerprint density at radius 1 is 1.27 bits per heavy atom. The van der Waals surface area contributed by atoms with Gasteiger partial charge in [-0.3, -0.25) is 9.59 Å². The van der Waals surface area contributed by atoms with Crippen LogP contribution < -0.4 is 5.32 Å². The van der Waals surface area contributed by atoms with Gasteiger partial charge in [-0.05, 0) is 30.5 Å². The molecule has 0 atom stereocenters. The molecule has 0 bridgehead atoms. The van der Waals surface area contributed by atoms with Gasteiger partial charge in [0.25, 0.3) is 5.91 Å². The molecule has 2 N–H and O–H groups in total. The highest BCUT2D eigenvalue weighted by atomic mass is 16.5. The van der Waals surface area contributed by atoms with Crippen LogP contribution in [0.15, 0.2) is 24.3 Å². The number of benzene rings is 1. The lowest BCUT2D eigenvalue weighted by Gasteiger charge is -2.33. The topological polar surface area (TPSA) is 99.4 Å². The van der Waals surface area contributed by atoms with E-state index in [0.29, 0.717) is 38.0 Å². The molecule has 1 aliphatic rings. The second kappa shape index (κ2) is 7.05. The van der Waals surface area contributed by atoms with Gasteiger partial charge in [-0.15, -0.1) is 0 Å². The van der Waals surface area contributed by atoms with Crippen molar-refractivity contribution in [1.82, 2.24) is 5.32 Å². The average molecular weight is 302 g/mol. The van der Waals surface area contributed by atoms with Crippen molar-refractivity contribution in [3.63, 3.8) is 0 Å². The number of nitriles is 1. The number of hydrogen-bond acceptors (Lipinski definition) is 4. The Morgan fingerprint density at radius 2 is 1.91 bits per heavy atom. The molecule has 6 heteroatoms. The number of aliphatic carboxylic acids is 1. The molecule has 0 aromatic heterocycles. The highest BCUT2D eigenvalue weighted by molar-refractivity contribution is 5.94. The van der Waals surface area contributed by atoms with Gasteiger partial charge in [0, 0.05) is 25.3 Å². The van der Waals surface area contributed by atoms with Crippen LogP contribution in [0.2, 0.25) is 0 Å². The van der Waals surface area contributed by atoms with E-state index in [-0.39, 0.29) is 12.5 Å². The van der Waals surface area contributed by atoms with E-state index in [9.17, 15) is 14.7 Å². The number of amides is 1. The molecule has 0 aliphatic carbocycles. The number of hydrogen-bond donors (Lipinski definition) is 2. The Kier molecular flexibility index (Phi) is 5.12. The highest BCUT2D eigenvalue weighted by Gasteiger charge is 2.40. The fourth-order valence-corrected chi connectivity index (χ4v) is 2.45. The summed E-state index contributed by atoms with van der Waals surface area (Å²) in [5.41, 5.74) is 0.342. The maximum absolute atomic E-state index is 12.1. The molecule has 2 rings (SSSR count). The first-order chi connectivity index (χ1) is 10.6. The van der Waals surface area contributed by atoms with Gasteiger partial charge in [0.1, 0.15) is 0 Å². The van der Waals surface area contributed by atoms with Crippen molar-refractivity contribution in [3.05, 3.63) is 35.4 Å². The predicted molar refractivity (Wildman–Crippen MR) is 78.2 cm³/mol. The van der Waals surface area contributed by atoms with Gasteiger partial charge in [0.15, 0.2) is 0 Å². The predicted octanol–water partition coefficient (Wildman–Crippen LogP) is 1.36. The average Bonchev–Trinajstić information content (AvgIpc) is 2.54. The Hall–Kier alpha value is -2.39. The molecule has 22 heavy (non-hydrogen) atoms. The Morgan fingerprint density at radius 3 is 2.45 bits per heavy atom. The minimum absolute atomic E-state index is 0.0878. The van der Waals surface area contributed by atoms with E-state index in [0.717, 1.165) is 5.56 Å². The zero-order chi connectivity index (χ0) is 16.0. The molecule has 116 valence electrons. The monoisotopic (exact) mass is 302 g/mol. The summed E-state index contributed by atoms with van der Waals surface area (Å²) < 4.78 is 5.20. The summed E-state index contributed by atoms with van der Waals surface area (Å²) in [5.74, 6) is -1.21. The molecule has 1 fully saturated rings. The van der Waals surface area contributed by atoms with Crippen molar-refractivity contribution in [2.75, 3.05) is 19.8 Å². The largest absolute Gasteiger partial charge is 0.481 e. The van der Waals surface area contributed by atoms with Crippen molar-refractivity contribution in [3.8, 4) is 6.07 Å². The van der Waals surface area contributed by atoms with Crippen LogP contribution in [0.25, 0.3) is 0 Å². The lowest BCUT2D eigenvalue weighted by molar-refractivity contribution is -0.154. The number of carboxylic acids is 1. The van der Waals surface area contributed by atoms with E-state index in [1.807, 2.05) is 6.07 Å². The van der Waals surface area contributed by atoms with Crippen molar-refractivity contribution in [2.45, 2.75) is 19.3 Å². The third kappa shape index (κ3) is 3.62. The van der Waals surface area contributed by atoms with Gasteiger partial charge in [-0.2, -0.15) is 5.26 Å². The SMILES string of the molecule is N#CCc1ccc(C(=O)NCC2(C(=O)O)CCOCC2)cc1. The lowest BCUT2D eigenvalue weighted by atomic mass is 9.80. The molecule has 0 spiro atoms. The van der Waals surface area contributed by atoms with Gasteiger partial charge < -0.3 is 15.2 Å². The fraction of sp³-hybridized carbons (Fsp3) is 0.438. The van der Waals surface area contributed by atoms with E-state index in [1.54, 1.807) is 24.3 Å². The maximum atomic E-state index is 12.1. The summed E-state index contributed by atoms with van der Waals surface area (Å²) in [6.45, 7) is 0.876. The Bertz CT molecular complexity index is 583. The molecule has 0 unspecified atom stereocenters. The van der Waals surface area contributed by atoms with Gasteiger partial charge in [0.2, 0.25) is 0 Å². The summed E-state index contributed by atoms with van der Waals surface area (Å²) in [4.78, 5) is 23.6. The fourth-order valence-electron chi connectivity index (χ4n) is 2.45. The molecule has 1 aromatic rings. The summed E-state index contributed by atoms with van der Waals surface area (Å²) in [6, 6.07) is 8.76. The van der Waals surface area contributed by atoms with Crippen molar-refractivity contribution >= 4 is 11.9 Å². The molecule has 1 aromatic carbocycles. The summed E-state index contributed by atoms with van der Waals surface area (Å²) in [7, 11) is 0. The zero-order valence-electron chi connectivity index (χ0n) is 12.2. The van der Waals surface area contributed by atoms with Crippen LogP contribution in [-0.4, -0.2) is 36.7 Å². The molecule has 1 saturated heterocycles. The van der Waals surface area contributed by atoms with Gasteiger partial charge in [-0.1, -0.05) is 12.1 Å². The van der Waals surface area contributed by atoms with Crippen LogP contribution in [0.3, 0.4) is 0 Å². The van der Waals surface area contributed by atoms with Crippen molar-refractivity contribution in [1.29, 1.82) is 5.26 Å². The number of nitrogens with one attached hydrogen (secondary N) is 1. The van der Waals surface area contributed by atoms with E-state index in [4.69, 9.17) is 10.00 Å². The minimum Gasteiger partial charge on any atom is -0.481 e. The third-order valence-electron chi connectivity index (χ3n) is 3.99. The van der Waals surface area contributed by atoms with Crippen LogP contribution in [0.4, 0.5) is 0 Å². The summed E-state index contributed by atoms with van der Waals surface area (Å²) in [5, 5.41) is 20.7. The molecule has 0 saturated carbocycles. The smallest absolute Gasteiger partial charge is 0.311 e. The zero-order valence-corrected chi connectivity index (χ0v) is 12.2. The van der Waals surface area contributed by atoms with Gasteiger partial charge in [-0.25, -0.2) is 0 Å². The van der Waals surface area contributed by atoms with Gasteiger partial charge >= 0.3 is 5.97 Å². The van der Waals surface area contributed by atoms with Crippen molar-refractivity contribution in [2.24, 2.45) is 5.41 Å². The molecule has 1 amide bonds.